The third-order valence-electron chi connectivity index (χ3n) is 1.23. The summed E-state index contributed by atoms with van der Waals surface area (Å²) in [5.41, 5.74) is 0.208. The standard InChI is InChI=1S/C5H4Cl3N3O/c1-11-4(5(6,7)8)3(2-12)9-10-11/h2H,1H3. The van der Waals surface area contributed by atoms with E-state index < -0.39 is 3.79 Å². The van der Waals surface area contributed by atoms with Gasteiger partial charge >= 0.3 is 0 Å². The number of halogens is 3. The third kappa shape index (κ3) is 1.71. The van der Waals surface area contributed by atoms with Gasteiger partial charge in [0.25, 0.3) is 0 Å². The molecule has 0 unspecified atom stereocenters. The number of aldehydes is 1. The molecule has 1 heterocycles. The summed E-state index contributed by atoms with van der Waals surface area (Å²) in [7, 11) is 1.54. The number of nitrogens with zero attached hydrogens (tertiary/aromatic N) is 3. The van der Waals surface area contributed by atoms with Gasteiger partial charge in [0.1, 0.15) is 5.69 Å². The lowest BCUT2D eigenvalue weighted by Crippen LogP contribution is -2.10. The molecule has 4 nitrogen and oxygen atoms in total. The molecule has 1 rings (SSSR count). The lowest BCUT2D eigenvalue weighted by molar-refractivity contribution is 0.111. The van der Waals surface area contributed by atoms with Crippen molar-refractivity contribution in [3.05, 3.63) is 11.4 Å². The van der Waals surface area contributed by atoms with E-state index in [0.29, 0.717) is 6.29 Å². The van der Waals surface area contributed by atoms with Crippen LogP contribution in [0.5, 0.6) is 0 Å². The molecule has 7 heteroatoms. The Morgan fingerprint density at radius 1 is 1.50 bits per heavy atom. The first-order valence-corrected chi connectivity index (χ1v) is 4.02. The van der Waals surface area contributed by atoms with E-state index in [9.17, 15) is 4.79 Å². The predicted octanol–water partition coefficient (Wildman–Crippen LogP) is 1.45. The van der Waals surface area contributed by atoms with Gasteiger partial charge in [0, 0.05) is 7.05 Å². The molecule has 0 amide bonds. The zero-order chi connectivity index (χ0) is 9.35. The van der Waals surface area contributed by atoms with Crippen molar-refractivity contribution in [3.8, 4) is 0 Å². The average molecular weight is 228 g/mol. The van der Waals surface area contributed by atoms with E-state index in [0.717, 1.165) is 0 Å². The van der Waals surface area contributed by atoms with Gasteiger partial charge in [-0.3, -0.25) is 4.79 Å². The number of alkyl halides is 3. The topological polar surface area (TPSA) is 47.8 Å². The summed E-state index contributed by atoms with van der Waals surface area (Å²) in [6.45, 7) is 0. The van der Waals surface area contributed by atoms with E-state index in [1.54, 1.807) is 0 Å². The van der Waals surface area contributed by atoms with Crippen LogP contribution in [0.3, 0.4) is 0 Å². The third-order valence-corrected chi connectivity index (χ3v) is 1.77. The maximum Gasteiger partial charge on any atom is 0.234 e. The zero-order valence-electron chi connectivity index (χ0n) is 5.96. The Morgan fingerprint density at radius 2 is 2.08 bits per heavy atom. The summed E-state index contributed by atoms with van der Waals surface area (Å²) in [4.78, 5) is 10.4. The molecule has 0 aliphatic heterocycles. The Kier molecular flexibility index (Phi) is 2.61. The van der Waals surface area contributed by atoms with E-state index in [1.165, 1.54) is 11.7 Å². The smallest absolute Gasteiger partial charge is 0.234 e. The molecule has 1 aromatic rings. The van der Waals surface area contributed by atoms with E-state index >= 15 is 0 Å². The highest BCUT2D eigenvalue weighted by atomic mass is 35.6. The summed E-state index contributed by atoms with van der Waals surface area (Å²) in [5, 5.41) is 7.03. The van der Waals surface area contributed by atoms with Crippen molar-refractivity contribution >= 4 is 41.1 Å². The largest absolute Gasteiger partial charge is 0.296 e. The highest BCUT2D eigenvalue weighted by Crippen LogP contribution is 2.38. The fraction of sp³-hybridized carbons (Fsp3) is 0.400. The summed E-state index contributed by atoms with van der Waals surface area (Å²) in [5.74, 6) is 0. The van der Waals surface area contributed by atoms with Crippen molar-refractivity contribution in [2.45, 2.75) is 3.79 Å². The molecule has 1 aromatic heterocycles. The average Bonchev–Trinajstić information content (AvgIpc) is 2.29. The molecule has 0 aliphatic rings. The van der Waals surface area contributed by atoms with Gasteiger partial charge in [-0.05, 0) is 0 Å². The number of rotatable bonds is 1. The molecule has 0 fully saturated rings. The van der Waals surface area contributed by atoms with Gasteiger partial charge in [0.15, 0.2) is 12.0 Å². The van der Waals surface area contributed by atoms with Crippen LogP contribution in [0.4, 0.5) is 0 Å². The molecule has 0 aliphatic carbocycles. The number of aryl methyl sites for hydroxylation is 1. The zero-order valence-corrected chi connectivity index (χ0v) is 8.23. The molecule has 0 saturated carbocycles. The van der Waals surface area contributed by atoms with Gasteiger partial charge in [-0.15, -0.1) is 5.10 Å². The number of carbonyl (C=O) groups is 1. The van der Waals surface area contributed by atoms with Crippen LogP contribution in [-0.4, -0.2) is 21.3 Å². The lowest BCUT2D eigenvalue weighted by Gasteiger charge is -2.09. The van der Waals surface area contributed by atoms with E-state index in [-0.39, 0.29) is 11.4 Å². The van der Waals surface area contributed by atoms with Gasteiger partial charge in [-0.2, -0.15) is 0 Å². The Balaban J connectivity index is 3.28. The van der Waals surface area contributed by atoms with Crippen LogP contribution in [0.15, 0.2) is 0 Å². The van der Waals surface area contributed by atoms with Crippen LogP contribution < -0.4 is 0 Å². The van der Waals surface area contributed by atoms with Crippen LogP contribution >= 0.6 is 34.8 Å². The molecule has 12 heavy (non-hydrogen) atoms. The Bertz CT molecular complexity index is 303. The molecule has 0 bridgehead atoms. The predicted molar refractivity (Wildman–Crippen MR) is 45.6 cm³/mol. The van der Waals surface area contributed by atoms with Gasteiger partial charge in [-0.25, -0.2) is 4.68 Å². The second kappa shape index (κ2) is 3.20. The fourth-order valence-corrected chi connectivity index (χ4v) is 1.44. The maximum atomic E-state index is 10.4. The monoisotopic (exact) mass is 227 g/mol. The molecule has 0 spiro atoms. The van der Waals surface area contributed by atoms with E-state index in [1.807, 2.05) is 0 Å². The molecular formula is C5H4Cl3N3O. The number of hydrogen-bond acceptors (Lipinski definition) is 3. The normalized spacial score (nSPS) is 11.7. The SMILES string of the molecule is Cn1nnc(C=O)c1C(Cl)(Cl)Cl. The quantitative estimate of drug-likeness (QED) is 0.540. The fourth-order valence-electron chi connectivity index (χ4n) is 0.781. The highest BCUT2D eigenvalue weighted by Gasteiger charge is 2.31. The van der Waals surface area contributed by atoms with Crippen molar-refractivity contribution in [2.24, 2.45) is 7.05 Å². The van der Waals surface area contributed by atoms with Gasteiger partial charge in [0.2, 0.25) is 3.79 Å². The van der Waals surface area contributed by atoms with Crippen LogP contribution in [0.2, 0.25) is 0 Å². The van der Waals surface area contributed by atoms with Gasteiger partial charge < -0.3 is 0 Å². The summed E-state index contributed by atoms with van der Waals surface area (Å²) in [6.07, 6.45) is 0.490. The minimum atomic E-state index is -1.67. The first-order valence-electron chi connectivity index (χ1n) is 2.89. The van der Waals surface area contributed by atoms with E-state index in [4.69, 9.17) is 34.8 Å². The number of aromatic nitrogens is 3. The Morgan fingerprint density at radius 3 is 2.42 bits per heavy atom. The lowest BCUT2D eigenvalue weighted by atomic mass is 10.4. The van der Waals surface area contributed by atoms with Crippen LogP contribution in [0, 0.1) is 0 Å². The molecule has 66 valence electrons. The van der Waals surface area contributed by atoms with Crippen molar-refractivity contribution < 1.29 is 4.79 Å². The molecule has 0 radical (unpaired) electrons. The second-order valence-electron chi connectivity index (χ2n) is 2.06. The van der Waals surface area contributed by atoms with Crippen LogP contribution in [0.25, 0.3) is 0 Å². The van der Waals surface area contributed by atoms with Crippen LogP contribution in [-0.2, 0) is 10.8 Å². The molecule has 0 saturated heterocycles. The van der Waals surface area contributed by atoms with Gasteiger partial charge in [0.05, 0.1) is 0 Å². The Labute approximate surface area is 83.4 Å². The summed E-state index contributed by atoms with van der Waals surface area (Å²) < 4.78 is -0.425. The van der Waals surface area contributed by atoms with Crippen molar-refractivity contribution in [3.63, 3.8) is 0 Å². The summed E-state index contributed by atoms with van der Waals surface area (Å²) >= 11 is 16.7. The second-order valence-corrected chi connectivity index (χ2v) is 4.34. The first kappa shape index (κ1) is 9.77. The number of hydrogen-bond donors (Lipinski definition) is 0. The molecule has 0 atom stereocenters. The molecule has 0 N–H and O–H groups in total. The first-order chi connectivity index (χ1) is 5.46. The Hall–Kier alpha value is -0.320. The molecular weight excluding hydrogens is 224 g/mol. The minimum absolute atomic E-state index is 0.0394. The summed E-state index contributed by atoms with van der Waals surface area (Å²) in [6, 6.07) is 0. The van der Waals surface area contributed by atoms with Crippen LogP contribution in [0.1, 0.15) is 16.2 Å². The highest BCUT2D eigenvalue weighted by molar-refractivity contribution is 6.66. The minimum Gasteiger partial charge on any atom is -0.296 e. The van der Waals surface area contributed by atoms with E-state index in [2.05, 4.69) is 10.3 Å². The van der Waals surface area contributed by atoms with Gasteiger partial charge in [-0.1, -0.05) is 40.0 Å². The molecule has 0 aromatic carbocycles. The number of carbonyl (C=O) groups excluding carboxylic acids is 1. The maximum absolute atomic E-state index is 10.4. The van der Waals surface area contributed by atoms with Crippen molar-refractivity contribution in [2.75, 3.05) is 0 Å². The van der Waals surface area contributed by atoms with Crippen molar-refractivity contribution in [1.29, 1.82) is 0 Å². The van der Waals surface area contributed by atoms with Crippen molar-refractivity contribution in [1.82, 2.24) is 15.0 Å².